The van der Waals surface area contributed by atoms with Gasteiger partial charge in [0.25, 0.3) is 11.6 Å². The molecule has 1 aliphatic heterocycles. The van der Waals surface area contributed by atoms with Crippen molar-refractivity contribution in [3.05, 3.63) is 59.1 Å². The number of benzene rings is 2. The molecular formula is C21H25ClN4O3. The van der Waals surface area contributed by atoms with E-state index in [1.165, 1.54) is 0 Å². The topological polar surface area (TPSA) is 84.9 Å². The minimum Gasteiger partial charge on any atom is -0.359 e. The highest BCUT2D eigenvalue weighted by molar-refractivity contribution is 6.30. The first-order valence-corrected chi connectivity index (χ1v) is 9.98. The maximum absolute atomic E-state index is 13.2. The summed E-state index contributed by atoms with van der Waals surface area (Å²) in [6.07, 6.45) is 0. The predicted molar refractivity (Wildman–Crippen MR) is 114 cm³/mol. The fraction of sp³-hybridized carbons (Fsp3) is 0.333. The molecule has 1 aliphatic rings. The molecule has 1 atom stereocenters. The van der Waals surface area contributed by atoms with E-state index < -0.39 is 17.7 Å². The third-order valence-corrected chi connectivity index (χ3v) is 5.33. The summed E-state index contributed by atoms with van der Waals surface area (Å²) in [4.78, 5) is 29.3. The second-order valence-corrected chi connectivity index (χ2v) is 7.18. The Morgan fingerprint density at radius 2 is 1.83 bits per heavy atom. The van der Waals surface area contributed by atoms with Gasteiger partial charge in [0.2, 0.25) is 0 Å². The second kappa shape index (κ2) is 8.82. The molecule has 0 radical (unpaired) electrons. The Kier molecular flexibility index (Phi) is 6.42. The molecule has 2 aromatic rings. The number of para-hydroxylation sites is 1. The summed E-state index contributed by atoms with van der Waals surface area (Å²) in [5.74, 6) is -0.665. The van der Waals surface area contributed by atoms with Crippen LogP contribution < -0.4 is 15.5 Å². The van der Waals surface area contributed by atoms with E-state index in [-0.39, 0.29) is 0 Å². The number of rotatable bonds is 7. The van der Waals surface area contributed by atoms with Crippen LogP contribution in [-0.4, -0.2) is 48.1 Å². The zero-order chi connectivity index (χ0) is 21.0. The quantitative estimate of drug-likeness (QED) is 0.647. The fourth-order valence-corrected chi connectivity index (χ4v) is 3.57. The maximum atomic E-state index is 13.2. The predicted octanol–water partition coefficient (Wildman–Crippen LogP) is 3.00. The van der Waals surface area contributed by atoms with Crippen LogP contribution in [0.25, 0.3) is 0 Å². The summed E-state index contributed by atoms with van der Waals surface area (Å²) < 4.78 is 0. The summed E-state index contributed by atoms with van der Waals surface area (Å²) in [5.41, 5.74) is -1.16. The molecule has 2 aromatic carbocycles. The lowest BCUT2D eigenvalue weighted by atomic mass is 9.95. The molecule has 0 saturated carbocycles. The fourth-order valence-electron chi connectivity index (χ4n) is 3.44. The lowest BCUT2D eigenvalue weighted by Gasteiger charge is -2.42. The molecule has 0 spiro atoms. The van der Waals surface area contributed by atoms with Gasteiger partial charge in [-0.2, -0.15) is 0 Å². The van der Waals surface area contributed by atoms with E-state index in [9.17, 15) is 14.7 Å². The molecule has 7 nitrogen and oxygen atoms in total. The first-order valence-electron chi connectivity index (χ1n) is 9.61. The number of carbonyl (C=O) groups excluding carboxylic acids is 2. The van der Waals surface area contributed by atoms with Gasteiger partial charge in [0.1, 0.15) is 0 Å². The average Bonchev–Trinajstić information content (AvgIpc) is 2.72. The molecule has 3 rings (SSSR count). The number of halogens is 1. The van der Waals surface area contributed by atoms with Crippen molar-refractivity contribution >= 4 is 34.9 Å². The van der Waals surface area contributed by atoms with E-state index in [1.807, 2.05) is 13.8 Å². The number of carbonyl (C=O) groups is 2. The van der Waals surface area contributed by atoms with E-state index in [0.29, 0.717) is 35.1 Å². The molecule has 0 unspecified atom stereocenters. The highest BCUT2D eigenvalue weighted by Crippen LogP contribution is 2.39. The Balaban J connectivity index is 1.97. The number of urea groups is 1. The van der Waals surface area contributed by atoms with Gasteiger partial charge in [0.15, 0.2) is 0 Å². The minimum atomic E-state index is -2.20. The largest absolute Gasteiger partial charge is 0.359 e. The van der Waals surface area contributed by atoms with Crippen molar-refractivity contribution in [2.45, 2.75) is 19.6 Å². The Morgan fingerprint density at radius 3 is 2.48 bits per heavy atom. The van der Waals surface area contributed by atoms with Crippen LogP contribution in [0.1, 0.15) is 19.4 Å². The number of hydrogen-bond donors (Lipinski definition) is 3. The van der Waals surface area contributed by atoms with E-state index in [4.69, 9.17) is 11.6 Å². The minimum absolute atomic E-state index is 0.301. The number of likely N-dealkylation sites (N-methyl/N-ethyl adjacent to an activating group) is 1. The second-order valence-electron chi connectivity index (χ2n) is 6.74. The van der Waals surface area contributed by atoms with Crippen LogP contribution in [0.3, 0.4) is 0 Å². The standard InChI is InChI=1S/C21H25ClN4O3/c1-3-25(4-2)14-13-23-19(27)21(29)17-7-5-6-8-18(17)24-20(28)26(21)16-11-9-15(22)10-12-16/h5-12,29H,3-4,13-14H2,1-2H3,(H,23,27)(H,24,28)/t21-/m0/s1. The van der Waals surface area contributed by atoms with E-state index in [1.54, 1.807) is 48.5 Å². The maximum Gasteiger partial charge on any atom is 0.329 e. The summed E-state index contributed by atoms with van der Waals surface area (Å²) in [7, 11) is 0. The lowest BCUT2D eigenvalue weighted by molar-refractivity contribution is -0.140. The normalized spacial score (nSPS) is 18.4. The van der Waals surface area contributed by atoms with Crippen LogP contribution in [0.2, 0.25) is 5.02 Å². The lowest BCUT2D eigenvalue weighted by Crippen LogP contribution is -2.63. The van der Waals surface area contributed by atoms with Crippen LogP contribution in [0, 0.1) is 0 Å². The average molecular weight is 417 g/mol. The van der Waals surface area contributed by atoms with Gasteiger partial charge in [-0.05, 0) is 43.4 Å². The van der Waals surface area contributed by atoms with Crippen LogP contribution in [-0.2, 0) is 10.5 Å². The molecular weight excluding hydrogens is 392 g/mol. The monoisotopic (exact) mass is 416 g/mol. The number of aliphatic hydroxyl groups is 1. The Labute approximate surface area is 175 Å². The van der Waals surface area contributed by atoms with Crippen molar-refractivity contribution in [3.63, 3.8) is 0 Å². The van der Waals surface area contributed by atoms with E-state index >= 15 is 0 Å². The smallest absolute Gasteiger partial charge is 0.329 e. The molecule has 29 heavy (non-hydrogen) atoms. The molecule has 8 heteroatoms. The van der Waals surface area contributed by atoms with Crippen molar-refractivity contribution in [1.29, 1.82) is 0 Å². The number of amides is 3. The Hall–Kier alpha value is -2.61. The SMILES string of the molecule is CCN(CC)CCNC(=O)[C@@]1(O)c2ccccc2NC(=O)N1c1ccc(Cl)cc1. The van der Waals surface area contributed by atoms with Crippen LogP contribution in [0.5, 0.6) is 0 Å². The van der Waals surface area contributed by atoms with E-state index in [2.05, 4.69) is 15.5 Å². The molecule has 1 heterocycles. The Morgan fingerprint density at radius 1 is 1.17 bits per heavy atom. The first kappa shape index (κ1) is 21.1. The third kappa shape index (κ3) is 4.07. The molecule has 0 aliphatic carbocycles. The summed E-state index contributed by atoms with van der Waals surface area (Å²) >= 11 is 5.96. The van der Waals surface area contributed by atoms with Gasteiger partial charge in [0, 0.05) is 29.4 Å². The number of nitrogens with zero attached hydrogens (tertiary/aromatic N) is 2. The van der Waals surface area contributed by atoms with Crippen LogP contribution >= 0.6 is 11.6 Å². The highest BCUT2D eigenvalue weighted by Gasteiger charge is 2.51. The van der Waals surface area contributed by atoms with Crippen molar-refractivity contribution in [3.8, 4) is 0 Å². The summed E-state index contributed by atoms with van der Waals surface area (Å²) in [5, 5.41) is 17.6. The zero-order valence-electron chi connectivity index (χ0n) is 16.5. The van der Waals surface area contributed by atoms with Gasteiger partial charge in [-0.3, -0.25) is 9.69 Å². The third-order valence-electron chi connectivity index (χ3n) is 5.08. The van der Waals surface area contributed by atoms with Crippen LogP contribution in [0.4, 0.5) is 16.2 Å². The van der Waals surface area contributed by atoms with Gasteiger partial charge < -0.3 is 20.6 Å². The summed E-state index contributed by atoms with van der Waals surface area (Å²) in [6, 6.07) is 12.5. The van der Waals surface area contributed by atoms with Crippen LogP contribution in [0.15, 0.2) is 48.5 Å². The van der Waals surface area contributed by atoms with Gasteiger partial charge in [-0.15, -0.1) is 0 Å². The van der Waals surface area contributed by atoms with Gasteiger partial charge in [-0.25, -0.2) is 4.79 Å². The number of hydrogen-bond acceptors (Lipinski definition) is 4. The van der Waals surface area contributed by atoms with Crippen molar-refractivity contribution in [2.24, 2.45) is 0 Å². The van der Waals surface area contributed by atoms with Gasteiger partial charge in [0.05, 0.1) is 5.69 Å². The number of anilines is 2. The molecule has 0 fully saturated rings. The van der Waals surface area contributed by atoms with Gasteiger partial charge >= 0.3 is 6.03 Å². The highest BCUT2D eigenvalue weighted by atomic mass is 35.5. The van der Waals surface area contributed by atoms with Crippen molar-refractivity contribution in [2.75, 3.05) is 36.4 Å². The molecule has 0 bridgehead atoms. The number of fused-ring (bicyclic) bond motifs is 1. The zero-order valence-corrected chi connectivity index (χ0v) is 17.2. The first-order chi connectivity index (χ1) is 13.9. The molecule has 0 aromatic heterocycles. The molecule has 0 saturated heterocycles. The van der Waals surface area contributed by atoms with Crippen molar-refractivity contribution in [1.82, 2.24) is 10.2 Å². The summed E-state index contributed by atoms with van der Waals surface area (Å²) in [6.45, 7) is 6.80. The molecule has 3 N–H and O–H groups in total. The molecule has 3 amide bonds. The molecule has 154 valence electrons. The Bertz CT molecular complexity index is 886. The van der Waals surface area contributed by atoms with Gasteiger partial charge in [-0.1, -0.05) is 43.6 Å². The number of nitrogens with one attached hydrogen (secondary N) is 2. The van der Waals surface area contributed by atoms with Crippen molar-refractivity contribution < 1.29 is 14.7 Å². The van der Waals surface area contributed by atoms with E-state index in [0.717, 1.165) is 18.0 Å².